The van der Waals surface area contributed by atoms with Gasteiger partial charge in [-0.3, -0.25) is 44.2 Å². The van der Waals surface area contributed by atoms with Gasteiger partial charge in [0.2, 0.25) is 0 Å². The molecule has 0 aromatic heterocycles. The molecule has 0 aliphatic carbocycles. The lowest BCUT2D eigenvalue weighted by Crippen LogP contribution is -2.54. The van der Waals surface area contributed by atoms with Crippen LogP contribution in [0.25, 0.3) is 0 Å². The van der Waals surface area contributed by atoms with Crippen molar-refractivity contribution in [1.82, 2.24) is 0 Å². The van der Waals surface area contributed by atoms with Crippen LogP contribution in [-0.4, -0.2) is 77.3 Å². The van der Waals surface area contributed by atoms with Gasteiger partial charge in [-0.2, -0.15) is 0 Å². The molecular weight excluding hydrogens is 530 g/mol. The largest absolute Gasteiger partial charge is 0.462 e. The Morgan fingerprint density at radius 3 is 1.67 bits per heavy atom. The van der Waals surface area contributed by atoms with E-state index < -0.39 is 88.6 Å². The first kappa shape index (κ1) is 32.2. The third-order valence-corrected chi connectivity index (χ3v) is 4.63. The molecule has 4 atom stereocenters. The van der Waals surface area contributed by atoms with E-state index in [0.717, 1.165) is 46.8 Å². The van der Waals surface area contributed by atoms with Crippen LogP contribution < -0.4 is 5.32 Å². The number of esters is 5. The van der Waals surface area contributed by atoms with Crippen molar-refractivity contribution in [1.29, 1.82) is 0 Å². The van der Waals surface area contributed by atoms with Gasteiger partial charge in [0.15, 0.2) is 24.4 Å². The highest BCUT2D eigenvalue weighted by molar-refractivity contribution is 5.70. The number of hydrogen-bond donors (Lipinski definition) is 1. The van der Waals surface area contributed by atoms with Crippen LogP contribution >= 0.6 is 0 Å². The Balaban J connectivity index is 3.55. The van der Waals surface area contributed by atoms with Crippen LogP contribution in [0, 0.1) is 20.2 Å². The minimum Gasteiger partial charge on any atom is -0.462 e. The maximum absolute atomic E-state index is 12.0. The fraction of sp³-hybridized carbons (Fsp3) is 0.500. The molecule has 0 spiro atoms. The summed E-state index contributed by atoms with van der Waals surface area (Å²) in [6, 6.07) is 2.72. The van der Waals surface area contributed by atoms with Crippen molar-refractivity contribution >= 4 is 46.9 Å². The predicted octanol–water partition coefficient (Wildman–Crippen LogP) is 1.20. The van der Waals surface area contributed by atoms with Gasteiger partial charge in [-0.1, -0.05) is 0 Å². The molecule has 0 fully saturated rings. The van der Waals surface area contributed by atoms with Gasteiger partial charge >= 0.3 is 29.8 Å². The maximum Gasteiger partial charge on any atom is 0.303 e. The average Bonchev–Trinajstić information content (AvgIpc) is 2.80. The summed E-state index contributed by atoms with van der Waals surface area (Å²) in [6.07, 6.45) is -6.51. The normalized spacial score (nSPS) is 13.5. The Kier molecular flexibility index (Phi) is 12.2. The summed E-state index contributed by atoms with van der Waals surface area (Å²) in [6.45, 7) is 3.82. The van der Waals surface area contributed by atoms with Crippen LogP contribution in [0.2, 0.25) is 0 Å². The molecule has 17 heteroatoms. The molecule has 1 aromatic rings. The minimum atomic E-state index is -1.71. The Hall–Kier alpha value is -4.83. The van der Waals surface area contributed by atoms with Crippen LogP contribution in [0.5, 0.6) is 0 Å². The number of nitrogens with zero attached hydrogens (tertiary/aromatic N) is 2. The van der Waals surface area contributed by atoms with E-state index in [4.69, 9.17) is 23.7 Å². The second kappa shape index (κ2) is 14.8. The number of nitrogens with one attached hydrogen (secondary N) is 1. The van der Waals surface area contributed by atoms with Crippen molar-refractivity contribution in [3.8, 4) is 0 Å². The van der Waals surface area contributed by atoms with Gasteiger partial charge in [0.1, 0.15) is 12.3 Å². The number of benzene rings is 1. The van der Waals surface area contributed by atoms with Crippen molar-refractivity contribution in [2.45, 2.75) is 59.0 Å². The molecule has 4 unspecified atom stereocenters. The van der Waals surface area contributed by atoms with Gasteiger partial charge < -0.3 is 29.0 Å². The molecule has 0 aliphatic rings. The smallest absolute Gasteiger partial charge is 0.303 e. The fourth-order valence-electron chi connectivity index (χ4n) is 3.28. The molecule has 0 radical (unpaired) electrons. The van der Waals surface area contributed by atoms with Gasteiger partial charge in [-0.15, -0.1) is 0 Å². The van der Waals surface area contributed by atoms with Gasteiger partial charge in [-0.05, 0) is 6.07 Å². The topological polar surface area (TPSA) is 230 Å². The van der Waals surface area contributed by atoms with E-state index in [2.05, 4.69) is 5.32 Å². The van der Waals surface area contributed by atoms with Crippen LogP contribution in [0.3, 0.4) is 0 Å². The Morgan fingerprint density at radius 2 is 1.23 bits per heavy atom. The maximum atomic E-state index is 12.0. The summed E-state index contributed by atoms with van der Waals surface area (Å²) in [5, 5.41) is 25.1. The first-order valence-corrected chi connectivity index (χ1v) is 11.1. The van der Waals surface area contributed by atoms with Gasteiger partial charge in [-0.25, -0.2) is 0 Å². The molecule has 0 amide bonds. The number of non-ortho nitro benzene ring substituents is 1. The van der Waals surface area contributed by atoms with E-state index in [-0.39, 0.29) is 5.69 Å². The highest BCUT2D eigenvalue weighted by Gasteiger charge is 2.44. The standard InChI is InChI=1S/C22H27N3O14/c1-11(26)35-10-20(37-13(3)28)22(39-15(5)30)21(38-14(4)29)19(36-12(2)27)9-23-17-7-6-16(24(31)32)8-18(17)25(33)34/h6-8,19-23H,9-10H2,1-5H3. The Morgan fingerprint density at radius 1 is 0.744 bits per heavy atom. The number of ether oxygens (including phenoxy) is 5. The number of nitro groups is 2. The molecule has 1 N–H and O–H groups in total. The van der Waals surface area contributed by atoms with Crippen LogP contribution in [0.4, 0.5) is 17.1 Å². The number of carbonyl (C=O) groups is 5. The minimum absolute atomic E-state index is 0.232. The Bertz CT molecular complexity index is 1120. The predicted molar refractivity (Wildman–Crippen MR) is 127 cm³/mol. The number of nitro benzene ring substituents is 2. The van der Waals surface area contributed by atoms with E-state index in [1.54, 1.807) is 0 Å². The van der Waals surface area contributed by atoms with Crippen LogP contribution in [0.15, 0.2) is 18.2 Å². The summed E-state index contributed by atoms with van der Waals surface area (Å²) in [4.78, 5) is 79.8. The third-order valence-electron chi connectivity index (χ3n) is 4.63. The van der Waals surface area contributed by atoms with Crippen molar-refractivity contribution in [2.24, 2.45) is 0 Å². The van der Waals surface area contributed by atoms with Crippen molar-refractivity contribution in [3.05, 3.63) is 38.4 Å². The van der Waals surface area contributed by atoms with Crippen molar-refractivity contribution in [2.75, 3.05) is 18.5 Å². The molecule has 0 saturated heterocycles. The number of carbonyl (C=O) groups excluding carboxylic acids is 5. The second-order valence-corrected chi connectivity index (χ2v) is 7.84. The molecule has 0 bridgehead atoms. The zero-order valence-electron chi connectivity index (χ0n) is 21.6. The van der Waals surface area contributed by atoms with E-state index >= 15 is 0 Å². The van der Waals surface area contributed by atoms with Crippen molar-refractivity contribution < 1.29 is 57.5 Å². The highest BCUT2D eigenvalue weighted by atomic mass is 16.6. The summed E-state index contributed by atoms with van der Waals surface area (Å²) in [7, 11) is 0. The quantitative estimate of drug-likeness (QED) is 0.147. The van der Waals surface area contributed by atoms with Crippen LogP contribution in [0.1, 0.15) is 34.6 Å². The zero-order valence-corrected chi connectivity index (χ0v) is 21.6. The summed E-state index contributed by atoms with van der Waals surface area (Å²) in [5.74, 6) is -4.50. The van der Waals surface area contributed by atoms with E-state index in [1.807, 2.05) is 0 Å². The molecule has 0 saturated carbocycles. The third kappa shape index (κ3) is 11.0. The van der Waals surface area contributed by atoms with Gasteiger partial charge in [0.25, 0.3) is 11.4 Å². The SMILES string of the molecule is CC(=O)OCC(OC(C)=O)C(OC(C)=O)C(OC(C)=O)C(CNc1ccc([N+](=O)[O-])cc1[N+](=O)[O-])OC(C)=O. The lowest BCUT2D eigenvalue weighted by Gasteiger charge is -2.35. The molecule has 214 valence electrons. The summed E-state index contributed by atoms with van der Waals surface area (Å²) < 4.78 is 25.8. The lowest BCUT2D eigenvalue weighted by molar-refractivity contribution is -0.393. The van der Waals surface area contributed by atoms with E-state index in [9.17, 15) is 44.2 Å². The van der Waals surface area contributed by atoms with Gasteiger partial charge in [0.05, 0.1) is 22.5 Å². The average molecular weight is 557 g/mol. The van der Waals surface area contributed by atoms with Crippen molar-refractivity contribution in [3.63, 3.8) is 0 Å². The molecular formula is C22H27N3O14. The van der Waals surface area contributed by atoms with Crippen LogP contribution in [-0.2, 0) is 47.7 Å². The van der Waals surface area contributed by atoms with E-state index in [1.165, 1.54) is 0 Å². The highest BCUT2D eigenvalue weighted by Crippen LogP contribution is 2.29. The lowest BCUT2D eigenvalue weighted by atomic mass is 10.0. The second-order valence-electron chi connectivity index (χ2n) is 7.84. The molecule has 1 rings (SSSR count). The number of hydrogen-bond acceptors (Lipinski definition) is 15. The summed E-state index contributed by atoms with van der Waals surface area (Å²) in [5.41, 5.74) is -1.49. The summed E-state index contributed by atoms with van der Waals surface area (Å²) >= 11 is 0. The Labute approximate surface area is 221 Å². The van der Waals surface area contributed by atoms with Gasteiger partial charge in [0, 0.05) is 40.7 Å². The molecule has 0 aliphatic heterocycles. The fourth-order valence-corrected chi connectivity index (χ4v) is 3.28. The zero-order chi connectivity index (χ0) is 29.9. The molecule has 1 aromatic carbocycles. The molecule has 0 heterocycles. The number of anilines is 1. The number of rotatable bonds is 14. The van der Waals surface area contributed by atoms with E-state index in [0.29, 0.717) is 6.07 Å². The monoisotopic (exact) mass is 557 g/mol. The first-order chi connectivity index (χ1) is 18.1. The first-order valence-electron chi connectivity index (χ1n) is 11.1. The molecule has 39 heavy (non-hydrogen) atoms. The molecule has 17 nitrogen and oxygen atoms in total.